The van der Waals surface area contributed by atoms with Crippen LogP contribution in [0, 0.1) is 13.8 Å². The molecule has 1 rings (SSSR count). The van der Waals surface area contributed by atoms with Crippen molar-refractivity contribution in [1.29, 1.82) is 0 Å². The summed E-state index contributed by atoms with van der Waals surface area (Å²) in [7, 11) is 0. The van der Waals surface area contributed by atoms with Crippen molar-refractivity contribution in [3.8, 4) is 5.75 Å². The SMILES string of the molecule is CCN(CC)C(=O)COc1cc(N)c(C)cc1C. The monoisotopic (exact) mass is 250 g/mol. The first kappa shape index (κ1) is 14.4. The van der Waals surface area contributed by atoms with Gasteiger partial charge in [0.15, 0.2) is 6.61 Å². The molecule has 100 valence electrons. The zero-order valence-corrected chi connectivity index (χ0v) is 11.6. The van der Waals surface area contributed by atoms with Gasteiger partial charge < -0.3 is 15.4 Å². The molecule has 1 amide bonds. The van der Waals surface area contributed by atoms with Gasteiger partial charge in [-0.05, 0) is 38.8 Å². The van der Waals surface area contributed by atoms with E-state index in [9.17, 15) is 4.79 Å². The van der Waals surface area contributed by atoms with E-state index in [4.69, 9.17) is 10.5 Å². The average molecular weight is 250 g/mol. The molecule has 0 unspecified atom stereocenters. The molecular weight excluding hydrogens is 228 g/mol. The van der Waals surface area contributed by atoms with Crippen LogP contribution >= 0.6 is 0 Å². The zero-order valence-electron chi connectivity index (χ0n) is 11.6. The topological polar surface area (TPSA) is 55.6 Å². The van der Waals surface area contributed by atoms with Gasteiger partial charge in [-0.3, -0.25) is 4.79 Å². The van der Waals surface area contributed by atoms with E-state index in [2.05, 4.69) is 0 Å². The van der Waals surface area contributed by atoms with E-state index >= 15 is 0 Å². The minimum absolute atomic E-state index is 0.00135. The van der Waals surface area contributed by atoms with Gasteiger partial charge in [-0.15, -0.1) is 0 Å². The van der Waals surface area contributed by atoms with Crippen LogP contribution in [0.2, 0.25) is 0 Å². The third kappa shape index (κ3) is 3.39. The number of rotatable bonds is 5. The Morgan fingerprint density at radius 2 is 1.83 bits per heavy atom. The Labute approximate surface area is 109 Å². The fourth-order valence-corrected chi connectivity index (χ4v) is 1.81. The van der Waals surface area contributed by atoms with Crippen molar-refractivity contribution in [2.45, 2.75) is 27.7 Å². The van der Waals surface area contributed by atoms with Gasteiger partial charge in [0, 0.05) is 24.8 Å². The molecule has 18 heavy (non-hydrogen) atoms. The molecule has 0 radical (unpaired) electrons. The molecule has 0 saturated heterocycles. The molecule has 0 aliphatic heterocycles. The van der Waals surface area contributed by atoms with Crippen LogP contribution in [0.15, 0.2) is 12.1 Å². The number of ether oxygens (including phenoxy) is 1. The highest BCUT2D eigenvalue weighted by atomic mass is 16.5. The lowest BCUT2D eigenvalue weighted by atomic mass is 10.1. The second-order valence-electron chi connectivity index (χ2n) is 4.33. The molecule has 0 aromatic heterocycles. The van der Waals surface area contributed by atoms with E-state index in [0.717, 1.165) is 11.1 Å². The molecule has 4 heteroatoms. The smallest absolute Gasteiger partial charge is 0.260 e. The van der Waals surface area contributed by atoms with E-state index in [-0.39, 0.29) is 12.5 Å². The number of nitrogen functional groups attached to an aromatic ring is 1. The molecule has 0 bridgehead atoms. The Bertz CT molecular complexity index is 426. The van der Waals surface area contributed by atoms with Crippen molar-refractivity contribution in [2.75, 3.05) is 25.4 Å². The Morgan fingerprint density at radius 1 is 1.22 bits per heavy atom. The van der Waals surface area contributed by atoms with Gasteiger partial charge in [-0.2, -0.15) is 0 Å². The largest absolute Gasteiger partial charge is 0.483 e. The lowest BCUT2D eigenvalue weighted by Gasteiger charge is -2.19. The van der Waals surface area contributed by atoms with Gasteiger partial charge in [0.2, 0.25) is 0 Å². The summed E-state index contributed by atoms with van der Waals surface area (Å²) in [5.74, 6) is 0.678. The fourth-order valence-electron chi connectivity index (χ4n) is 1.81. The maximum absolute atomic E-state index is 11.8. The van der Waals surface area contributed by atoms with Crippen LogP contribution in [0.4, 0.5) is 5.69 Å². The van der Waals surface area contributed by atoms with Gasteiger partial charge in [0.25, 0.3) is 5.91 Å². The first-order valence-corrected chi connectivity index (χ1v) is 6.26. The lowest BCUT2D eigenvalue weighted by molar-refractivity contribution is -0.132. The van der Waals surface area contributed by atoms with Crippen molar-refractivity contribution in [3.63, 3.8) is 0 Å². The number of nitrogens with zero attached hydrogens (tertiary/aromatic N) is 1. The molecule has 0 aliphatic rings. The van der Waals surface area contributed by atoms with E-state index < -0.39 is 0 Å². The molecule has 0 saturated carbocycles. The molecule has 0 fully saturated rings. The zero-order chi connectivity index (χ0) is 13.7. The highest BCUT2D eigenvalue weighted by molar-refractivity contribution is 5.77. The van der Waals surface area contributed by atoms with Crippen LogP contribution in [0.25, 0.3) is 0 Å². The molecule has 2 N–H and O–H groups in total. The molecule has 0 heterocycles. The standard InChI is InChI=1S/C14H22N2O2/c1-5-16(6-2)14(17)9-18-13-8-12(15)10(3)7-11(13)4/h7-8H,5-6,9,15H2,1-4H3. The number of hydrogen-bond donors (Lipinski definition) is 1. The van der Waals surface area contributed by atoms with Crippen molar-refractivity contribution in [1.82, 2.24) is 4.90 Å². The summed E-state index contributed by atoms with van der Waals surface area (Å²) in [5.41, 5.74) is 8.54. The van der Waals surface area contributed by atoms with E-state index in [1.165, 1.54) is 0 Å². The summed E-state index contributed by atoms with van der Waals surface area (Å²) in [6.45, 7) is 9.27. The quantitative estimate of drug-likeness (QED) is 0.814. The normalized spacial score (nSPS) is 10.2. The molecule has 0 atom stereocenters. The van der Waals surface area contributed by atoms with Gasteiger partial charge in [0.1, 0.15) is 5.75 Å². The van der Waals surface area contributed by atoms with Crippen LogP contribution in [0.1, 0.15) is 25.0 Å². The number of carbonyl (C=O) groups is 1. The Balaban J connectivity index is 2.69. The highest BCUT2D eigenvalue weighted by Gasteiger charge is 2.11. The number of benzene rings is 1. The number of likely N-dealkylation sites (N-methyl/N-ethyl adjacent to an activating group) is 1. The third-order valence-corrected chi connectivity index (χ3v) is 3.03. The Hall–Kier alpha value is -1.71. The lowest BCUT2D eigenvalue weighted by Crippen LogP contribution is -2.34. The maximum Gasteiger partial charge on any atom is 0.260 e. The third-order valence-electron chi connectivity index (χ3n) is 3.03. The predicted molar refractivity (Wildman–Crippen MR) is 73.8 cm³/mol. The van der Waals surface area contributed by atoms with Crippen molar-refractivity contribution in [2.24, 2.45) is 0 Å². The number of hydrogen-bond acceptors (Lipinski definition) is 3. The van der Waals surface area contributed by atoms with Crippen LogP contribution < -0.4 is 10.5 Å². The Morgan fingerprint density at radius 3 is 2.39 bits per heavy atom. The van der Waals surface area contributed by atoms with Crippen LogP contribution in [0.5, 0.6) is 5.75 Å². The summed E-state index contributed by atoms with van der Waals surface area (Å²) in [5, 5.41) is 0. The molecule has 0 spiro atoms. The van der Waals surface area contributed by atoms with Gasteiger partial charge >= 0.3 is 0 Å². The number of amides is 1. The van der Waals surface area contributed by atoms with Crippen LogP contribution in [-0.2, 0) is 4.79 Å². The maximum atomic E-state index is 11.8. The van der Waals surface area contributed by atoms with E-state index in [1.54, 1.807) is 11.0 Å². The highest BCUT2D eigenvalue weighted by Crippen LogP contribution is 2.24. The number of carbonyl (C=O) groups excluding carboxylic acids is 1. The molecule has 4 nitrogen and oxygen atoms in total. The first-order valence-electron chi connectivity index (χ1n) is 6.26. The van der Waals surface area contributed by atoms with Crippen molar-refractivity contribution >= 4 is 11.6 Å². The minimum Gasteiger partial charge on any atom is -0.483 e. The molecule has 1 aromatic carbocycles. The molecule has 1 aromatic rings. The van der Waals surface area contributed by atoms with E-state index in [0.29, 0.717) is 24.5 Å². The summed E-state index contributed by atoms with van der Waals surface area (Å²) in [4.78, 5) is 13.6. The van der Waals surface area contributed by atoms with E-state index in [1.807, 2.05) is 33.8 Å². The van der Waals surface area contributed by atoms with Gasteiger partial charge in [-0.25, -0.2) is 0 Å². The molecule has 0 aliphatic carbocycles. The summed E-state index contributed by atoms with van der Waals surface area (Å²) >= 11 is 0. The number of anilines is 1. The van der Waals surface area contributed by atoms with Crippen molar-refractivity contribution in [3.05, 3.63) is 23.3 Å². The number of nitrogens with two attached hydrogens (primary N) is 1. The average Bonchev–Trinajstić information content (AvgIpc) is 2.33. The fraction of sp³-hybridized carbons (Fsp3) is 0.500. The van der Waals surface area contributed by atoms with Crippen LogP contribution in [-0.4, -0.2) is 30.5 Å². The molecular formula is C14H22N2O2. The summed E-state index contributed by atoms with van der Waals surface area (Å²) in [6, 6.07) is 3.74. The Kier molecular flexibility index (Phi) is 5.01. The van der Waals surface area contributed by atoms with Gasteiger partial charge in [0.05, 0.1) is 0 Å². The number of aryl methyl sites for hydroxylation is 2. The minimum atomic E-state index is -0.00135. The second-order valence-corrected chi connectivity index (χ2v) is 4.33. The van der Waals surface area contributed by atoms with Crippen molar-refractivity contribution < 1.29 is 9.53 Å². The van der Waals surface area contributed by atoms with Crippen LogP contribution in [0.3, 0.4) is 0 Å². The van der Waals surface area contributed by atoms with Gasteiger partial charge in [-0.1, -0.05) is 6.07 Å². The summed E-state index contributed by atoms with van der Waals surface area (Å²) < 4.78 is 5.55. The predicted octanol–water partition coefficient (Wildman–Crippen LogP) is 2.13. The summed E-state index contributed by atoms with van der Waals surface area (Å²) in [6.07, 6.45) is 0. The second kappa shape index (κ2) is 6.28. The first-order chi connectivity index (χ1) is 8.49.